The number of pyridine rings is 1. The highest BCUT2D eigenvalue weighted by molar-refractivity contribution is 9.10. The van der Waals surface area contributed by atoms with Gasteiger partial charge in [-0.3, -0.25) is 0 Å². The van der Waals surface area contributed by atoms with Crippen LogP contribution in [0.5, 0.6) is 0 Å². The monoisotopic (exact) mass is 302 g/mol. The van der Waals surface area contributed by atoms with Gasteiger partial charge in [-0.05, 0) is 34.2 Å². The molecule has 0 aromatic carbocycles. The Labute approximate surface area is 112 Å². The van der Waals surface area contributed by atoms with Crippen molar-refractivity contribution in [2.24, 2.45) is 0 Å². The SMILES string of the molecule is CCCCCCCSC[n+]1cccc(Br)c1. The minimum absolute atomic E-state index is 1.06. The predicted molar refractivity (Wildman–Crippen MR) is 75.6 cm³/mol. The maximum atomic E-state index is 3.48. The van der Waals surface area contributed by atoms with Crippen LogP contribution in [0.25, 0.3) is 0 Å². The summed E-state index contributed by atoms with van der Waals surface area (Å²) >= 11 is 5.50. The second-order valence-electron chi connectivity index (χ2n) is 3.99. The number of halogens is 1. The van der Waals surface area contributed by atoms with Gasteiger partial charge in [-0.15, -0.1) is 0 Å². The maximum absolute atomic E-state index is 3.48. The van der Waals surface area contributed by atoms with Crippen molar-refractivity contribution >= 4 is 27.7 Å². The number of hydrogen-bond acceptors (Lipinski definition) is 1. The van der Waals surface area contributed by atoms with E-state index >= 15 is 0 Å². The van der Waals surface area contributed by atoms with E-state index in [4.69, 9.17) is 0 Å². The molecular weight excluding hydrogens is 282 g/mol. The van der Waals surface area contributed by atoms with Crippen molar-refractivity contribution in [3.05, 3.63) is 29.0 Å². The van der Waals surface area contributed by atoms with E-state index in [0.717, 1.165) is 10.3 Å². The van der Waals surface area contributed by atoms with E-state index < -0.39 is 0 Å². The molecule has 3 heteroatoms. The average Bonchev–Trinajstić information content (AvgIpc) is 2.28. The molecule has 0 saturated carbocycles. The lowest BCUT2D eigenvalue weighted by Crippen LogP contribution is -2.30. The molecule has 0 saturated heterocycles. The van der Waals surface area contributed by atoms with Crippen LogP contribution in [0.3, 0.4) is 0 Å². The van der Waals surface area contributed by atoms with Gasteiger partial charge >= 0.3 is 0 Å². The zero-order chi connectivity index (χ0) is 11.6. The van der Waals surface area contributed by atoms with Crippen LogP contribution in [-0.2, 0) is 5.88 Å². The summed E-state index contributed by atoms with van der Waals surface area (Å²) < 4.78 is 3.37. The van der Waals surface area contributed by atoms with Gasteiger partial charge < -0.3 is 0 Å². The van der Waals surface area contributed by atoms with Gasteiger partial charge in [-0.1, -0.05) is 44.4 Å². The van der Waals surface area contributed by atoms with E-state index in [1.165, 1.54) is 37.9 Å². The zero-order valence-corrected chi connectivity index (χ0v) is 12.4. The van der Waals surface area contributed by atoms with Crippen LogP contribution in [0.1, 0.15) is 39.0 Å². The summed E-state index contributed by atoms with van der Waals surface area (Å²) in [6.45, 7) is 2.26. The van der Waals surface area contributed by atoms with E-state index in [2.05, 4.69) is 51.9 Å². The molecule has 1 heterocycles. The molecule has 0 atom stereocenters. The Hall–Kier alpha value is -0.0200. The molecule has 1 aromatic heterocycles. The Kier molecular flexibility index (Phi) is 7.95. The molecule has 0 unspecified atom stereocenters. The molecule has 90 valence electrons. The number of hydrogen-bond donors (Lipinski definition) is 0. The van der Waals surface area contributed by atoms with Gasteiger partial charge in [0, 0.05) is 6.07 Å². The highest BCUT2D eigenvalue weighted by Crippen LogP contribution is 2.09. The lowest BCUT2D eigenvalue weighted by Gasteiger charge is -1.99. The molecule has 1 aromatic rings. The van der Waals surface area contributed by atoms with Gasteiger partial charge in [0.05, 0.1) is 4.47 Å². The Bertz CT molecular complexity index is 291. The summed E-state index contributed by atoms with van der Waals surface area (Å²) in [5.41, 5.74) is 0. The van der Waals surface area contributed by atoms with Crippen molar-refractivity contribution in [2.75, 3.05) is 5.75 Å². The van der Waals surface area contributed by atoms with E-state index in [1.54, 1.807) is 0 Å². The first kappa shape index (κ1) is 14.0. The van der Waals surface area contributed by atoms with Gasteiger partial charge in [0.1, 0.15) is 0 Å². The third-order valence-electron chi connectivity index (χ3n) is 2.45. The molecule has 0 aliphatic heterocycles. The Morgan fingerprint density at radius 3 is 2.81 bits per heavy atom. The second-order valence-corrected chi connectivity index (χ2v) is 5.98. The minimum Gasteiger partial charge on any atom is -0.194 e. The first-order valence-electron chi connectivity index (χ1n) is 6.05. The Balaban J connectivity index is 2.03. The highest BCUT2D eigenvalue weighted by atomic mass is 79.9. The summed E-state index contributed by atoms with van der Waals surface area (Å²) in [6, 6.07) is 4.14. The topological polar surface area (TPSA) is 3.88 Å². The quantitative estimate of drug-likeness (QED) is 0.508. The normalized spacial score (nSPS) is 10.6. The lowest BCUT2D eigenvalue weighted by atomic mass is 10.2. The van der Waals surface area contributed by atoms with Crippen molar-refractivity contribution in [1.29, 1.82) is 0 Å². The number of rotatable bonds is 8. The smallest absolute Gasteiger partial charge is 0.194 e. The van der Waals surface area contributed by atoms with Gasteiger partial charge in [0.25, 0.3) is 0 Å². The summed E-state index contributed by atoms with van der Waals surface area (Å²) in [7, 11) is 0. The van der Waals surface area contributed by atoms with Crippen molar-refractivity contribution < 1.29 is 4.57 Å². The van der Waals surface area contributed by atoms with Gasteiger partial charge in [0.2, 0.25) is 0 Å². The second kappa shape index (κ2) is 9.06. The summed E-state index contributed by atoms with van der Waals surface area (Å²) in [5.74, 6) is 2.34. The van der Waals surface area contributed by atoms with Crippen molar-refractivity contribution in [1.82, 2.24) is 0 Å². The molecule has 16 heavy (non-hydrogen) atoms. The first-order valence-corrected chi connectivity index (χ1v) is 8.00. The molecule has 0 spiro atoms. The van der Waals surface area contributed by atoms with Crippen molar-refractivity contribution in [2.45, 2.75) is 44.9 Å². The fraction of sp³-hybridized carbons (Fsp3) is 0.615. The predicted octanol–water partition coefficient (Wildman–Crippen LogP) is 4.40. The molecule has 0 aliphatic rings. The van der Waals surface area contributed by atoms with Gasteiger partial charge in [0.15, 0.2) is 18.3 Å². The van der Waals surface area contributed by atoms with Crippen LogP contribution in [0.15, 0.2) is 29.0 Å². The van der Waals surface area contributed by atoms with E-state index in [1.807, 2.05) is 11.8 Å². The summed E-state index contributed by atoms with van der Waals surface area (Å²) in [6.07, 6.45) is 11.1. The van der Waals surface area contributed by atoms with Crippen LogP contribution >= 0.6 is 27.7 Å². The van der Waals surface area contributed by atoms with Crippen LogP contribution in [0, 0.1) is 0 Å². The number of aromatic nitrogens is 1. The largest absolute Gasteiger partial charge is 0.194 e. The van der Waals surface area contributed by atoms with E-state index in [0.29, 0.717) is 0 Å². The third kappa shape index (κ3) is 6.54. The standard InChI is InChI=1S/C13H21BrNS/c1-2-3-4-5-6-10-16-12-15-9-7-8-13(14)11-15/h7-9,11H,2-6,10,12H2,1H3/q+1. The average molecular weight is 303 g/mol. The Morgan fingerprint density at radius 2 is 2.06 bits per heavy atom. The van der Waals surface area contributed by atoms with E-state index in [-0.39, 0.29) is 0 Å². The molecule has 1 rings (SSSR count). The van der Waals surface area contributed by atoms with Crippen molar-refractivity contribution in [3.8, 4) is 0 Å². The fourth-order valence-corrected chi connectivity index (χ4v) is 2.87. The molecule has 0 amide bonds. The van der Waals surface area contributed by atoms with Crippen molar-refractivity contribution in [3.63, 3.8) is 0 Å². The number of unbranched alkanes of at least 4 members (excludes halogenated alkanes) is 4. The number of nitrogens with zero attached hydrogens (tertiary/aromatic N) is 1. The molecular formula is C13H21BrNS+. The van der Waals surface area contributed by atoms with Gasteiger partial charge in [-0.2, -0.15) is 4.57 Å². The summed E-state index contributed by atoms with van der Waals surface area (Å²) in [5, 5.41) is 0. The zero-order valence-electron chi connectivity index (χ0n) is 9.99. The lowest BCUT2D eigenvalue weighted by molar-refractivity contribution is -0.676. The third-order valence-corrected chi connectivity index (χ3v) is 3.98. The Morgan fingerprint density at radius 1 is 1.25 bits per heavy atom. The molecule has 0 bridgehead atoms. The van der Waals surface area contributed by atoms with Crippen LogP contribution in [0.2, 0.25) is 0 Å². The minimum atomic E-state index is 1.06. The van der Waals surface area contributed by atoms with Crippen LogP contribution in [-0.4, -0.2) is 5.75 Å². The molecule has 0 radical (unpaired) electrons. The number of thioether (sulfide) groups is 1. The molecule has 0 N–H and O–H groups in total. The van der Waals surface area contributed by atoms with Gasteiger partial charge in [-0.25, -0.2) is 0 Å². The first-order chi connectivity index (χ1) is 7.83. The molecule has 0 aliphatic carbocycles. The fourth-order valence-electron chi connectivity index (χ4n) is 1.55. The molecule has 0 fully saturated rings. The van der Waals surface area contributed by atoms with Crippen LogP contribution in [0.4, 0.5) is 0 Å². The van der Waals surface area contributed by atoms with E-state index in [9.17, 15) is 0 Å². The molecule has 1 nitrogen and oxygen atoms in total. The highest BCUT2D eigenvalue weighted by Gasteiger charge is 2.00. The summed E-state index contributed by atoms with van der Waals surface area (Å²) in [4.78, 5) is 0. The van der Waals surface area contributed by atoms with Crippen LogP contribution < -0.4 is 4.57 Å². The maximum Gasteiger partial charge on any atom is 0.194 e.